The molecule has 0 bridgehead atoms. The zero-order valence-corrected chi connectivity index (χ0v) is 10.5. The Balaban J connectivity index is 2.45. The summed E-state index contributed by atoms with van der Waals surface area (Å²) in [5, 5.41) is 0. The van der Waals surface area contributed by atoms with Crippen LogP contribution in [0.2, 0.25) is 0 Å². The Kier molecular flexibility index (Phi) is 3.24. The van der Waals surface area contributed by atoms with Crippen molar-refractivity contribution in [1.82, 2.24) is 9.97 Å². The molecule has 2 aromatic rings. The lowest BCUT2D eigenvalue weighted by molar-refractivity contribution is 0.575. The van der Waals surface area contributed by atoms with Crippen LogP contribution in [0.1, 0.15) is 19.0 Å². The van der Waals surface area contributed by atoms with Crippen LogP contribution in [0.4, 0.5) is 5.82 Å². The van der Waals surface area contributed by atoms with Gasteiger partial charge in [-0.2, -0.15) is 0 Å². The Hall–Kier alpha value is -1.36. The highest BCUT2D eigenvalue weighted by Gasteiger charge is 2.11. The zero-order chi connectivity index (χ0) is 11.5. The predicted molar refractivity (Wildman–Crippen MR) is 65.8 cm³/mol. The minimum absolute atomic E-state index is 0.469. The zero-order valence-electron chi connectivity index (χ0n) is 8.90. The summed E-state index contributed by atoms with van der Waals surface area (Å²) in [6.45, 7) is 2.10. The van der Waals surface area contributed by atoms with Gasteiger partial charge in [-0.25, -0.2) is 9.97 Å². The minimum Gasteiger partial charge on any atom is -0.460 e. The maximum Gasteiger partial charge on any atom is 0.199 e. The fourth-order valence-electron chi connectivity index (χ4n) is 1.46. The lowest BCUT2D eigenvalue weighted by Crippen LogP contribution is -2.00. The van der Waals surface area contributed by atoms with E-state index >= 15 is 0 Å². The second-order valence-corrected chi connectivity index (χ2v) is 4.31. The summed E-state index contributed by atoms with van der Waals surface area (Å²) in [6, 6.07) is 3.60. The van der Waals surface area contributed by atoms with Gasteiger partial charge in [0.05, 0.1) is 10.7 Å². The second kappa shape index (κ2) is 4.65. The number of furan rings is 1. The molecule has 4 nitrogen and oxygen atoms in total. The van der Waals surface area contributed by atoms with E-state index < -0.39 is 0 Å². The van der Waals surface area contributed by atoms with Crippen molar-refractivity contribution in [2.45, 2.75) is 19.8 Å². The number of nitrogen functional groups attached to an aromatic ring is 1. The number of nitrogens with two attached hydrogens (primary N) is 1. The summed E-state index contributed by atoms with van der Waals surface area (Å²) in [5.41, 5.74) is 6.68. The van der Waals surface area contributed by atoms with E-state index in [-0.39, 0.29) is 0 Å². The Morgan fingerprint density at radius 2 is 2.25 bits per heavy atom. The van der Waals surface area contributed by atoms with E-state index in [9.17, 15) is 0 Å². The normalized spacial score (nSPS) is 10.6. The van der Waals surface area contributed by atoms with Gasteiger partial charge in [-0.3, -0.25) is 0 Å². The molecular formula is C11H12BrN3O. The maximum atomic E-state index is 5.74. The molecule has 16 heavy (non-hydrogen) atoms. The van der Waals surface area contributed by atoms with Gasteiger partial charge in [0.15, 0.2) is 11.6 Å². The average molecular weight is 282 g/mol. The lowest BCUT2D eigenvalue weighted by Gasteiger charge is -2.03. The van der Waals surface area contributed by atoms with Crippen molar-refractivity contribution in [3.05, 3.63) is 28.6 Å². The van der Waals surface area contributed by atoms with Crippen LogP contribution in [0.25, 0.3) is 11.6 Å². The molecule has 0 amide bonds. The number of nitrogens with zero attached hydrogens (tertiary/aromatic N) is 2. The number of hydrogen-bond acceptors (Lipinski definition) is 4. The number of aromatic nitrogens is 2. The highest BCUT2D eigenvalue weighted by atomic mass is 79.9. The summed E-state index contributed by atoms with van der Waals surface area (Å²) in [6.07, 6.45) is 3.50. The van der Waals surface area contributed by atoms with E-state index in [1.54, 1.807) is 18.4 Å². The molecule has 0 aliphatic carbocycles. The van der Waals surface area contributed by atoms with Gasteiger partial charge in [-0.05, 0) is 28.4 Å². The van der Waals surface area contributed by atoms with Crippen molar-refractivity contribution in [3.63, 3.8) is 0 Å². The van der Waals surface area contributed by atoms with Crippen molar-refractivity contribution < 1.29 is 4.42 Å². The highest BCUT2D eigenvalue weighted by Crippen LogP contribution is 2.27. The molecule has 0 unspecified atom stereocenters. The smallest absolute Gasteiger partial charge is 0.199 e. The predicted octanol–water partition coefficient (Wildman–Crippen LogP) is 3.03. The van der Waals surface area contributed by atoms with Crippen LogP contribution in [-0.2, 0) is 6.42 Å². The van der Waals surface area contributed by atoms with Crippen molar-refractivity contribution in [1.29, 1.82) is 0 Å². The van der Waals surface area contributed by atoms with Crippen molar-refractivity contribution in [2.75, 3.05) is 5.73 Å². The molecule has 0 saturated carbocycles. The van der Waals surface area contributed by atoms with Crippen LogP contribution < -0.4 is 5.73 Å². The Morgan fingerprint density at radius 3 is 2.88 bits per heavy atom. The molecule has 2 rings (SSSR count). The number of anilines is 1. The van der Waals surface area contributed by atoms with Gasteiger partial charge in [0.1, 0.15) is 5.82 Å². The number of aryl methyl sites for hydroxylation is 1. The Labute approximate surface area is 102 Å². The summed E-state index contributed by atoms with van der Waals surface area (Å²) >= 11 is 3.38. The standard InChI is InChI=1S/C11H12BrN3O/c1-2-3-7-6-9(13)15-11(14-7)10-8(12)4-5-16-10/h4-6H,2-3H2,1H3,(H2,13,14,15). The van der Waals surface area contributed by atoms with Crippen LogP contribution in [0.5, 0.6) is 0 Å². The van der Waals surface area contributed by atoms with Gasteiger partial charge in [-0.15, -0.1) is 0 Å². The second-order valence-electron chi connectivity index (χ2n) is 3.46. The lowest BCUT2D eigenvalue weighted by atomic mass is 10.2. The molecule has 0 atom stereocenters. The summed E-state index contributed by atoms with van der Waals surface area (Å²) in [4.78, 5) is 8.57. The molecule has 0 aliphatic heterocycles. The van der Waals surface area contributed by atoms with E-state index in [0.717, 1.165) is 23.0 Å². The van der Waals surface area contributed by atoms with E-state index in [2.05, 4.69) is 32.8 Å². The van der Waals surface area contributed by atoms with Crippen molar-refractivity contribution in [3.8, 4) is 11.6 Å². The molecule has 2 heterocycles. The monoisotopic (exact) mass is 281 g/mol. The Morgan fingerprint density at radius 1 is 1.44 bits per heavy atom. The van der Waals surface area contributed by atoms with E-state index in [1.807, 2.05) is 0 Å². The molecule has 0 spiro atoms. The van der Waals surface area contributed by atoms with E-state index in [0.29, 0.717) is 17.4 Å². The molecule has 5 heteroatoms. The van der Waals surface area contributed by atoms with Crippen molar-refractivity contribution in [2.24, 2.45) is 0 Å². The third-order valence-electron chi connectivity index (χ3n) is 2.13. The Bertz CT molecular complexity index is 496. The highest BCUT2D eigenvalue weighted by molar-refractivity contribution is 9.10. The number of halogens is 1. The van der Waals surface area contributed by atoms with Crippen LogP contribution in [0, 0.1) is 0 Å². The molecule has 0 radical (unpaired) electrons. The number of rotatable bonds is 3. The third kappa shape index (κ3) is 2.24. The first-order chi connectivity index (χ1) is 7.70. The third-order valence-corrected chi connectivity index (χ3v) is 2.75. The van der Waals surface area contributed by atoms with Gasteiger partial charge in [0, 0.05) is 11.8 Å². The topological polar surface area (TPSA) is 64.9 Å². The molecule has 2 aromatic heterocycles. The molecular weight excluding hydrogens is 270 g/mol. The van der Waals surface area contributed by atoms with Gasteiger partial charge in [0.2, 0.25) is 0 Å². The molecule has 0 saturated heterocycles. The van der Waals surface area contributed by atoms with Crippen LogP contribution in [0.3, 0.4) is 0 Å². The first-order valence-electron chi connectivity index (χ1n) is 5.07. The van der Waals surface area contributed by atoms with Crippen LogP contribution >= 0.6 is 15.9 Å². The minimum atomic E-state index is 0.469. The van der Waals surface area contributed by atoms with Crippen LogP contribution in [-0.4, -0.2) is 9.97 Å². The molecule has 0 aliphatic rings. The summed E-state index contributed by atoms with van der Waals surface area (Å²) in [5.74, 6) is 1.61. The van der Waals surface area contributed by atoms with Gasteiger partial charge in [0.25, 0.3) is 0 Å². The number of hydrogen-bond donors (Lipinski definition) is 1. The van der Waals surface area contributed by atoms with Gasteiger partial charge >= 0.3 is 0 Å². The summed E-state index contributed by atoms with van der Waals surface area (Å²) < 4.78 is 6.14. The van der Waals surface area contributed by atoms with E-state index in [4.69, 9.17) is 10.2 Å². The molecule has 2 N–H and O–H groups in total. The molecule has 0 fully saturated rings. The first-order valence-corrected chi connectivity index (χ1v) is 5.86. The maximum absolute atomic E-state index is 5.74. The first kappa shape index (κ1) is 11.1. The molecule has 0 aromatic carbocycles. The van der Waals surface area contributed by atoms with Crippen LogP contribution in [0.15, 0.2) is 27.3 Å². The largest absolute Gasteiger partial charge is 0.460 e. The van der Waals surface area contributed by atoms with Crippen molar-refractivity contribution >= 4 is 21.7 Å². The van der Waals surface area contributed by atoms with Gasteiger partial charge in [-0.1, -0.05) is 13.3 Å². The average Bonchev–Trinajstić information content (AvgIpc) is 2.64. The molecule has 84 valence electrons. The van der Waals surface area contributed by atoms with E-state index in [1.165, 1.54) is 0 Å². The fraction of sp³-hybridized carbons (Fsp3) is 0.273. The summed E-state index contributed by atoms with van der Waals surface area (Å²) in [7, 11) is 0. The fourth-order valence-corrected chi connectivity index (χ4v) is 1.84. The SMILES string of the molecule is CCCc1cc(N)nc(-c2occc2Br)n1. The quantitative estimate of drug-likeness (QED) is 0.939. The van der Waals surface area contributed by atoms with Gasteiger partial charge < -0.3 is 10.2 Å².